The van der Waals surface area contributed by atoms with Crippen LogP contribution in [0.5, 0.6) is 0 Å². The summed E-state index contributed by atoms with van der Waals surface area (Å²) < 4.78 is 0. The van der Waals surface area contributed by atoms with Crippen molar-refractivity contribution in [2.24, 2.45) is 5.92 Å². The molecule has 108 valence electrons. The van der Waals surface area contributed by atoms with Crippen molar-refractivity contribution in [3.05, 3.63) is 11.1 Å². The monoisotopic (exact) mass is 252 g/mol. The molecule has 0 aromatic rings. The highest BCUT2D eigenvalue weighted by molar-refractivity contribution is 5.11. The molecule has 0 aliphatic carbocycles. The summed E-state index contributed by atoms with van der Waals surface area (Å²) in [5, 5.41) is 0. The zero-order valence-corrected chi connectivity index (χ0v) is 13.6. The summed E-state index contributed by atoms with van der Waals surface area (Å²) >= 11 is 0. The minimum Gasteiger partial charge on any atom is -0.0744 e. The molecule has 0 aliphatic heterocycles. The molecule has 0 amide bonds. The summed E-state index contributed by atoms with van der Waals surface area (Å²) in [4.78, 5) is 0. The normalized spacial score (nSPS) is 14.5. The first kappa shape index (κ1) is 17.7. The van der Waals surface area contributed by atoms with Crippen LogP contribution in [0.25, 0.3) is 0 Å². The lowest BCUT2D eigenvalue weighted by Crippen LogP contribution is -2.03. The maximum atomic E-state index is 2.33. The third kappa shape index (κ3) is 7.95. The van der Waals surface area contributed by atoms with Crippen molar-refractivity contribution in [2.75, 3.05) is 0 Å². The van der Waals surface area contributed by atoms with Crippen LogP contribution >= 0.6 is 0 Å². The van der Waals surface area contributed by atoms with Crippen molar-refractivity contribution in [3.8, 4) is 0 Å². The molecule has 0 bridgehead atoms. The molecule has 18 heavy (non-hydrogen) atoms. The Kier molecular flexibility index (Phi) is 11.6. The Bertz CT molecular complexity index is 212. The highest BCUT2D eigenvalue weighted by atomic mass is 14.2. The van der Waals surface area contributed by atoms with Gasteiger partial charge in [0.1, 0.15) is 0 Å². The van der Waals surface area contributed by atoms with E-state index in [1.807, 2.05) is 0 Å². The largest absolute Gasteiger partial charge is 0.0744 e. The molecule has 0 radical (unpaired) electrons. The molecule has 0 heteroatoms. The predicted molar refractivity (Wildman–Crippen MR) is 85.1 cm³/mol. The van der Waals surface area contributed by atoms with E-state index in [9.17, 15) is 0 Å². The zero-order chi connectivity index (χ0) is 13.8. The first-order chi connectivity index (χ1) is 8.69. The minimum absolute atomic E-state index is 0.948. The quantitative estimate of drug-likeness (QED) is 0.277. The average molecular weight is 252 g/mol. The van der Waals surface area contributed by atoms with Gasteiger partial charge < -0.3 is 0 Å². The third-order valence-corrected chi connectivity index (χ3v) is 4.26. The topological polar surface area (TPSA) is 0 Å². The van der Waals surface area contributed by atoms with Gasteiger partial charge in [0, 0.05) is 0 Å². The lowest BCUT2D eigenvalue weighted by atomic mass is 9.87. The van der Waals surface area contributed by atoms with Gasteiger partial charge in [0.2, 0.25) is 0 Å². The van der Waals surface area contributed by atoms with Crippen molar-refractivity contribution < 1.29 is 0 Å². The number of unbranched alkanes of at least 4 members (excludes halogenated alkanes) is 3. The predicted octanol–water partition coefficient (Wildman–Crippen LogP) is 6.90. The van der Waals surface area contributed by atoms with E-state index in [0.29, 0.717) is 0 Å². The van der Waals surface area contributed by atoms with Crippen molar-refractivity contribution in [1.29, 1.82) is 0 Å². The first-order valence-corrected chi connectivity index (χ1v) is 8.36. The fourth-order valence-electron chi connectivity index (χ4n) is 2.84. The maximum Gasteiger partial charge on any atom is -0.0289 e. The standard InChI is InChI=1S/C18H36/c1-6-10-11-12-14-17(13-7-2)15-18(9-4)16(5)8-3/h17H,6-15H2,1-5H3. The van der Waals surface area contributed by atoms with Crippen LogP contribution in [0.2, 0.25) is 0 Å². The summed E-state index contributed by atoms with van der Waals surface area (Å²) in [6, 6.07) is 0. The molecule has 0 rings (SSSR count). The lowest BCUT2D eigenvalue weighted by molar-refractivity contribution is 0.414. The van der Waals surface area contributed by atoms with Gasteiger partial charge >= 0.3 is 0 Å². The lowest BCUT2D eigenvalue weighted by Gasteiger charge is -2.19. The van der Waals surface area contributed by atoms with E-state index in [1.165, 1.54) is 64.2 Å². The average Bonchev–Trinajstić information content (AvgIpc) is 2.39. The van der Waals surface area contributed by atoms with E-state index >= 15 is 0 Å². The third-order valence-electron chi connectivity index (χ3n) is 4.26. The molecular formula is C18H36. The Hall–Kier alpha value is -0.260. The molecule has 0 saturated carbocycles. The van der Waals surface area contributed by atoms with Gasteiger partial charge in [0.15, 0.2) is 0 Å². The Morgan fingerprint density at radius 2 is 1.50 bits per heavy atom. The summed E-state index contributed by atoms with van der Waals surface area (Å²) in [5.41, 5.74) is 3.39. The van der Waals surface area contributed by atoms with Crippen LogP contribution in [0.3, 0.4) is 0 Å². The number of allylic oxidation sites excluding steroid dienone is 2. The molecule has 0 aromatic carbocycles. The van der Waals surface area contributed by atoms with Crippen LogP contribution in [0.1, 0.15) is 98.8 Å². The van der Waals surface area contributed by atoms with Gasteiger partial charge in [0.25, 0.3) is 0 Å². The summed E-state index contributed by atoms with van der Waals surface area (Å²) in [7, 11) is 0. The van der Waals surface area contributed by atoms with E-state index in [2.05, 4.69) is 34.6 Å². The van der Waals surface area contributed by atoms with Crippen LogP contribution in [-0.2, 0) is 0 Å². The second-order valence-corrected chi connectivity index (χ2v) is 5.80. The van der Waals surface area contributed by atoms with Gasteiger partial charge in [-0.3, -0.25) is 0 Å². The van der Waals surface area contributed by atoms with Crippen LogP contribution in [0.4, 0.5) is 0 Å². The van der Waals surface area contributed by atoms with E-state index in [4.69, 9.17) is 0 Å². The van der Waals surface area contributed by atoms with Crippen LogP contribution in [-0.4, -0.2) is 0 Å². The molecule has 0 spiro atoms. The zero-order valence-electron chi connectivity index (χ0n) is 13.6. The van der Waals surface area contributed by atoms with Gasteiger partial charge in [-0.2, -0.15) is 0 Å². The van der Waals surface area contributed by atoms with Crippen molar-refractivity contribution in [1.82, 2.24) is 0 Å². The van der Waals surface area contributed by atoms with Crippen LogP contribution < -0.4 is 0 Å². The molecule has 1 unspecified atom stereocenters. The molecule has 0 fully saturated rings. The molecule has 0 aliphatic rings. The van der Waals surface area contributed by atoms with E-state index in [1.54, 1.807) is 11.1 Å². The Morgan fingerprint density at radius 1 is 0.778 bits per heavy atom. The van der Waals surface area contributed by atoms with Gasteiger partial charge in [-0.1, -0.05) is 83.8 Å². The molecule has 0 aromatic heterocycles. The minimum atomic E-state index is 0.948. The van der Waals surface area contributed by atoms with Gasteiger partial charge in [-0.15, -0.1) is 0 Å². The van der Waals surface area contributed by atoms with Crippen molar-refractivity contribution >= 4 is 0 Å². The van der Waals surface area contributed by atoms with Crippen LogP contribution in [0, 0.1) is 5.92 Å². The van der Waals surface area contributed by atoms with E-state index in [0.717, 1.165) is 5.92 Å². The summed E-state index contributed by atoms with van der Waals surface area (Å²) in [5.74, 6) is 0.948. The molecule has 0 nitrogen and oxygen atoms in total. The fraction of sp³-hybridized carbons (Fsp3) is 0.889. The molecular weight excluding hydrogens is 216 g/mol. The van der Waals surface area contributed by atoms with Gasteiger partial charge in [-0.25, -0.2) is 0 Å². The maximum absolute atomic E-state index is 2.33. The highest BCUT2D eigenvalue weighted by Crippen LogP contribution is 2.27. The van der Waals surface area contributed by atoms with Crippen molar-refractivity contribution in [2.45, 2.75) is 98.8 Å². The fourth-order valence-corrected chi connectivity index (χ4v) is 2.84. The SMILES string of the molecule is CCCCCCC(CCC)CC(CC)=C(C)CC. The summed E-state index contributed by atoms with van der Waals surface area (Å²) in [6.07, 6.45) is 13.7. The first-order valence-electron chi connectivity index (χ1n) is 8.36. The Morgan fingerprint density at radius 3 is 2.00 bits per heavy atom. The summed E-state index contributed by atoms with van der Waals surface area (Å²) in [6.45, 7) is 11.6. The Labute approximate surface area is 116 Å². The number of rotatable bonds is 11. The Balaban J connectivity index is 4.23. The molecule has 0 saturated heterocycles. The number of hydrogen-bond acceptors (Lipinski definition) is 0. The second-order valence-electron chi connectivity index (χ2n) is 5.80. The molecule has 0 N–H and O–H groups in total. The van der Waals surface area contributed by atoms with Crippen LogP contribution in [0.15, 0.2) is 11.1 Å². The second kappa shape index (κ2) is 11.8. The van der Waals surface area contributed by atoms with Gasteiger partial charge in [0.05, 0.1) is 0 Å². The van der Waals surface area contributed by atoms with E-state index in [-0.39, 0.29) is 0 Å². The van der Waals surface area contributed by atoms with E-state index < -0.39 is 0 Å². The highest BCUT2D eigenvalue weighted by Gasteiger charge is 2.11. The number of hydrogen-bond donors (Lipinski definition) is 0. The molecule has 1 atom stereocenters. The van der Waals surface area contributed by atoms with Crippen molar-refractivity contribution in [3.63, 3.8) is 0 Å². The smallest absolute Gasteiger partial charge is 0.0289 e. The molecule has 0 heterocycles. The van der Waals surface area contributed by atoms with Gasteiger partial charge in [-0.05, 0) is 32.1 Å².